The van der Waals surface area contributed by atoms with Gasteiger partial charge in [-0.05, 0) is 12.8 Å². The molecule has 0 rings (SSSR count). The van der Waals surface area contributed by atoms with E-state index in [0.29, 0.717) is 13.2 Å². The number of carbonyl (C=O) groups is 2. The van der Waals surface area contributed by atoms with E-state index in [0.717, 1.165) is 25.7 Å². The molecule has 5 N–H and O–H groups in total. The Kier molecular flexibility index (Phi) is 20.1. The van der Waals surface area contributed by atoms with Gasteiger partial charge >= 0.3 is 18.3 Å². The Morgan fingerprint density at radius 2 is 1.14 bits per heavy atom. The second-order valence-electron chi connectivity index (χ2n) is 3.92. The highest BCUT2D eigenvalue weighted by molar-refractivity contribution is 5.53. The molecular formula is C12H26O10. The third-order valence-corrected chi connectivity index (χ3v) is 1.89. The molecule has 0 saturated heterocycles. The van der Waals surface area contributed by atoms with Crippen molar-refractivity contribution in [2.45, 2.75) is 52.4 Å². The second kappa shape index (κ2) is 17.4. The number of hydrogen-bond acceptors (Lipinski definition) is 6. The van der Waals surface area contributed by atoms with Gasteiger partial charge in [-0.25, -0.2) is 14.8 Å². The molecule has 134 valence electrons. The largest absolute Gasteiger partial charge is 0.503 e. The number of rotatable bonds is 9. The van der Waals surface area contributed by atoms with Crippen LogP contribution in [0.25, 0.3) is 0 Å². The van der Waals surface area contributed by atoms with Crippen molar-refractivity contribution in [1.29, 1.82) is 0 Å². The highest BCUT2D eigenvalue weighted by atomic mass is 17.2. The van der Waals surface area contributed by atoms with Crippen LogP contribution in [-0.2, 0) is 14.4 Å². The molecule has 0 aliphatic heterocycles. The minimum Gasteiger partial charge on any atom is -0.450 e. The molecule has 0 fully saturated rings. The highest BCUT2D eigenvalue weighted by Crippen LogP contribution is 2.14. The van der Waals surface area contributed by atoms with Gasteiger partial charge in [-0.1, -0.05) is 26.7 Å². The van der Waals surface area contributed by atoms with E-state index in [1.165, 1.54) is 0 Å². The number of hydrogen-bond donors (Lipinski definition) is 5. The van der Waals surface area contributed by atoms with Crippen LogP contribution in [0.5, 0.6) is 0 Å². The Labute approximate surface area is 128 Å². The average Bonchev–Trinajstić information content (AvgIpc) is 2.38. The standard InChI is InChI=1S/C10H22O4.2CH2O3/c1-4-6-8-12-10(3,14-11)13-9-7-5-2;2*2-1(3)4/h11H,4-9H2,1-3H3;2*(H2,2,3,4). The smallest absolute Gasteiger partial charge is 0.450 e. The van der Waals surface area contributed by atoms with E-state index in [1.807, 2.05) is 0 Å². The zero-order valence-electron chi connectivity index (χ0n) is 13.0. The van der Waals surface area contributed by atoms with Gasteiger partial charge in [-0.15, -0.1) is 0 Å². The van der Waals surface area contributed by atoms with E-state index in [2.05, 4.69) is 18.7 Å². The fraction of sp³-hybridized carbons (Fsp3) is 0.833. The third kappa shape index (κ3) is 31.0. The fourth-order valence-corrected chi connectivity index (χ4v) is 0.898. The molecular weight excluding hydrogens is 304 g/mol. The summed E-state index contributed by atoms with van der Waals surface area (Å²) in [5.74, 6) is -1.30. The predicted octanol–water partition coefficient (Wildman–Crippen LogP) is 3.23. The van der Waals surface area contributed by atoms with Gasteiger partial charge < -0.3 is 29.9 Å². The normalized spacial score (nSPS) is 9.82. The van der Waals surface area contributed by atoms with Crippen molar-refractivity contribution in [3.63, 3.8) is 0 Å². The average molecular weight is 330 g/mol. The Balaban J connectivity index is -0.000000372. The van der Waals surface area contributed by atoms with Crippen LogP contribution in [0.4, 0.5) is 9.59 Å². The molecule has 0 aromatic rings. The number of unbranched alkanes of at least 4 members (excludes halogenated alkanes) is 2. The summed E-state index contributed by atoms with van der Waals surface area (Å²) in [6.45, 7) is 6.76. The van der Waals surface area contributed by atoms with Gasteiger partial charge in [0.2, 0.25) is 0 Å². The van der Waals surface area contributed by atoms with Crippen LogP contribution >= 0.6 is 0 Å². The zero-order valence-corrected chi connectivity index (χ0v) is 13.0. The molecule has 0 aliphatic carbocycles. The summed E-state index contributed by atoms with van der Waals surface area (Å²) in [6, 6.07) is 0. The van der Waals surface area contributed by atoms with Gasteiger partial charge in [0.15, 0.2) is 0 Å². The van der Waals surface area contributed by atoms with Gasteiger partial charge in [0.05, 0.1) is 13.2 Å². The van der Waals surface area contributed by atoms with Crippen molar-refractivity contribution in [3.05, 3.63) is 0 Å². The maximum absolute atomic E-state index is 8.63. The molecule has 22 heavy (non-hydrogen) atoms. The van der Waals surface area contributed by atoms with Crippen LogP contribution in [0.2, 0.25) is 0 Å². The van der Waals surface area contributed by atoms with Crippen molar-refractivity contribution in [3.8, 4) is 0 Å². The maximum atomic E-state index is 8.63. The van der Waals surface area contributed by atoms with Crippen LogP contribution in [-0.4, -0.2) is 57.2 Å². The van der Waals surface area contributed by atoms with Crippen molar-refractivity contribution in [2.75, 3.05) is 13.2 Å². The molecule has 0 aromatic carbocycles. The van der Waals surface area contributed by atoms with Gasteiger partial charge in [0.25, 0.3) is 0 Å². The van der Waals surface area contributed by atoms with Crippen LogP contribution in [0.3, 0.4) is 0 Å². The first kappa shape index (κ1) is 25.3. The van der Waals surface area contributed by atoms with Crippen LogP contribution in [0, 0.1) is 0 Å². The molecule has 0 spiro atoms. The van der Waals surface area contributed by atoms with Gasteiger partial charge in [0, 0.05) is 6.92 Å². The van der Waals surface area contributed by atoms with Gasteiger partial charge in [0.1, 0.15) is 0 Å². The second-order valence-corrected chi connectivity index (χ2v) is 3.92. The first-order valence-corrected chi connectivity index (χ1v) is 6.59. The Bertz CT molecular complexity index is 239. The first-order valence-electron chi connectivity index (χ1n) is 6.59. The van der Waals surface area contributed by atoms with Crippen LogP contribution < -0.4 is 0 Å². The summed E-state index contributed by atoms with van der Waals surface area (Å²) in [7, 11) is 0. The lowest BCUT2D eigenvalue weighted by Gasteiger charge is -2.25. The summed E-state index contributed by atoms with van der Waals surface area (Å²) in [5.41, 5.74) is 0. The van der Waals surface area contributed by atoms with Crippen molar-refractivity contribution >= 4 is 12.3 Å². The van der Waals surface area contributed by atoms with E-state index in [-0.39, 0.29) is 0 Å². The summed E-state index contributed by atoms with van der Waals surface area (Å²) in [5, 5.41) is 36.5. The minimum atomic E-state index is -1.83. The quantitative estimate of drug-likeness (QED) is 0.183. The molecule has 0 saturated carbocycles. The van der Waals surface area contributed by atoms with E-state index in [1.54, 1.807) is 6.92 Å². The molecule has 0 aromatic heterocycles. The molecule has 0 radical (unpaired) electrons. The molecule has 10 nitrogen and oxygen atoms in total. The number of carboxylic acid groups (broad SMARTS) is 4. The summed E-state index contributed by atoms with van der Waals surface area (Å²) in [6.07, 6.45) is 0.263. The predicted molar refractivity (Wildman–Crippen MR) is 75.1 cm³/mol. The topological polar surface area (TPSA) is 163 Å². The SMILES string of the molecule is CCCCOC(C)(OO)OCCCC.O=C(O)O.O=C(O)O. The van der Waals surface area contributed by atoms with Crippen molar-refractivity contribution in [1.82, 2.24) is 0 Å². The molecule has 0 heterocycles. The van der Waals surface area contributed by atoms with Crippen LogP contribution in [0.1, 0.15) is 46.5 Å². The molecule has 0 bridgehead atoms. The molecule has 0 unspecified atom stereocenters. The monoisotopic (exact) mass is 330 g/mol. The summed E-state index contributed by atoms with van der Waals surface area (Å²) in [4.78, 5) is 21.3. The lowest BCUT2D eigenvalue weighted by atomic mass is 10.3. The van der Waals surface area contributed by atoms with Gasteiger partial charge in [-0.2, -0.15) is 4.89 Å². The first-order chi connectivity index (χ1) is 10.1. The lowest BCUT2D eigenvalue weighted by Crippen LogP contribution is -2.35. The Hall–Kier alpha value is -1.62. The fourth-order valence-electron chi connectivity index (χ4n) is 0.898. The van der Waals surface area contributed by atoms with E-state index < -0.39 is 18.3 Å². The molecule has 0 aliphatic rings. The van der Waals surface area contributed by atoms with Crippen molar-refractivity contribution < 1.29 is 49.6 Å². The molecule has 0 atom stereocenters. The van der Waals surface area contributed by atoms with E-state index in [4.69, 9.17) is 44.7 Å². The summed E-state index contributed by atoms with van der Waals surface area (Å²) < 4.78 is 10.5. The Morgan fingerprint density at radius 3 is 1.32 bits per heavy atom. The molecule has 0 amide bonds. The maximum Gasteiger partial charge on any atom is 0.503 e. The summed E-state index contributed by atoms with van der Waals surface area (Å²) >= 11 is 0. The number of ether oxygens (including phenoxy) is 2. The zero-order chi connectivity index (χ0) is 18.0. The van der Waals surface area contributed by atoms with E-state index >= 15 is 0 Å². The van der Waals surface area contributed by atoms with Crippen LogP contribution in [0.15, 0.2) is 0 Å². The van der Waals surface area contributed by atoms with E-state index in [9.17, 15) is 0 Å². The minimum absolute atomic E-state index is 0.527. The Morgan fingerprint density at radius 1 is 0.864 bits per heavy atom. The lowest BCUT2D eigenvalue weighted by molar-refractivity contribution is -0.484. The highest BCUT2D eigenvalue weighted by Gasteiger charge is 2.26. The van der Waals surface area contributed by atoms with Gasteiger partial charge in [-0.3, -0.25) is 0 Å². The third-order valence-electron chi connectivity index (χ3n) is 1.89. The van der Waals surface area contributed by atoms with Crippen molar-refractivity contribution in [2.24, 2.45) is 0 Å². The molecule has 10 heteroatoms.